The standard InChI is InChI=1S/C17H22N2OS/c1-12-11-21-17(19-12)8-9-18-16-5-3-4-13-10-14(20-2)6-7-15(13)16/h6-7,10-11,16,18H,3-5,8-9H2,1-2H3. The molecule has 0 spiro atoms. The van der Waals surface area contributed by atoms with Crippen molar-refractivity contribution in [1.82, 2.24) is 10.3 Å². The van der Waals surface area contributed by atoms with Gasteiger partial charge in [0, 0.05) is 30.1 Å². The van der Waals surface area contributed by atoms with Crippen molar-refractivity contribution in [2.75, 3.05) is 13.7 Å². The first kappa shape index (κ1) is 14.5. The highest BCUT2D eigenvalue weighted by Crippen LogP contribution is 2.32. The second kappa shape index (κ2) is 6.58. The zero-order chi connectivity index (χ0) is 14.7. The Morgan fingerprint density at radius 2 is 2.33 bits per heavy atom. The summed E-state index contributed by atoms with van der Waals surface area (Å²) in [6.07, 6.45) is 4.64. The van der Waals surface area contributed by atoms with Crippen LogP contribution in [0.3, 0.4) is 0 Å². The van der Waals surface area contributed by atoms with Gasteiger partial charge in [-0.3, -0.25) is 0 Å². The van der Waals surface area contributed by atoms with Gasteiger partial charge in [0.1, 0.15) is 5.75 Å². The number of hydrogen-bond acceptors (Lipinski definition) is 4. The third-order valence-corrected chi connectivity index (χ3v) is 5.09. The molecule has 1 atom stereocenters. The lowest BCUT2D eigenvalue weighted by molar-refractivity contribution is 0.411. The topological polar surface area (TPSA) is 34.1 Å². The van der Waals surface area contributed by atoms with Crippen LogP contribution in [0.15, 0.2) is 23.6 Å². The van der Waals surface area contributed by atoms with E-state index in [2.05, 4.69) is 40.8 Å². The average molecular weight is 302 g/mol. The van der Waals surface area contributed by atoms with Gasteiger partial charge in [0.15, 0.2) is 0 Å². The summed E-state index contributed by atoms with van der Waals surface area (Å²) in [6, 6.07) is 6.95. The minimum absolute atomic E-state index is 0.473. The summed E-state index contributed by atoms with van der Waals surface area (Å²) in [7, 11) is 1.73. The Labute approximate surface area is 130 Å². The van der Waals surface area contributed by atoms with E-state index in [-0.39, 0.29) is 0 Å². The number of ether oxygens (including phenoxy) is 1. The molecule has 0 saturated carbocycles. The third-order valence-electron chi connectivity index (χ3n) is 4.06. The van der Waals surface area contributed by atoms with Crippen LogP contribution < -0.4 is 10.1 Å². The van der Waals surface area contributed by atoms with E-state index in [9.17, 15) is 0 Å². The zero-order valence-electron chi connectivity index (χ0n) is 12.7. The fourth-order valence-electron chi connectivity index (χ4n) is 3.00. The molecule has 0 aliphatic heterocycles. The highest BCUT2D eigenvalue weighted by molar-refractivity contribution is 7.09. The van der Waals surface area contributed by atoms with Crippen molar-refractivity contribution in [2.45, 2.75) is 38.6 Å². The van der Waals surface area contributed by atoms with Gasteiger partial charge in [-0.15, -0.1) is 11.3 Å². The molecule has 3 rings (SSSR count). The van der Waals surface area contributed by atoms with Crippen molar-refractivity contribution < 1.29 is 4.74 Å². The van der Waals surface area contributed by atoms with E-state index in [1.165, 1.54) is 29.0 Å². The van der Waals surface area contributed by atoms with Gasteiger partial charge in [-0.25, -0.2) is 4.98 Å². The monoisotopic (exact) mass is 302 g/mol. The van der Waals surface area contributed by atoms with Crippen LogP contribution in [0.2, 0.25) is 0 Å². The zero-order valence-corrected chi connectivity index (χ0v) is 13.5. The van der Waals surface area contributed by atoms with Gasteiger partial charge >= 0.3 is 0 Å². The molecular weight excluding hydrogens is 280 g/mol. The van der Waals surface area contributed by atoms with Gasteiger partial charge in [0.25, 0.3) is 0 Å². The molecule has 1 aliphatic rings. The minimum Gasteiger partial charge on any atom is -0.497 e. The quantitative estimate of drug-likeness (QED) is 0.915. The fourth-order valence-corrected chi connectivity index (χ4v) is 3.78. The lowest BCUT2D eigenvalue weighted by Gasteiger charge is -2.26. The summed E-state index contributed by atoms with van der Waals surface area (Å²) in [4.78, 5) is 4.52. The molecule has 0 amide bonds. The van der Waals surface area contributed by atoms with Crippen molar-refractivity contribution in [2.24, 2.45) is 0 Å². The van der Waals surface area contributed by atoms with E-state index in [1.807, 2.05) is 0 Å². The lowest BCUT2D eigenvalue weighted by atomic mass is 9.87. The van der Waals surface area contributed by atoms with E-state index in [0.717, 1.165) is 30.8 Å². The highest BCUT2D eigenvalue weighted by atomic mass is 32.1. The predicted molar refractivity (Wildman–Crippen MR) is 87.2 cm³/mol. The van der Waals surface area contributed by atoms with Crippen LogP contribution in [0.25, 0.3) is 0 Å². The maximum absolute atomic E-state index is 5.33. The van der Waals surface area contributed by atoms with Crippen LogP contribution >= 0.6 is 11.3 Å². The Kier molecular flexibility index (Phi) is 4.56. The van der Waals surface area contributed by atoms with Gasteiger partial charge in [-0.1, -0.05) is 6.07 Å². The number of benzene rings is 1. The molecule has 112 valence electrons. The normalized spacial score (nSPS) is 17.5. The molecule has 0 fully saturated rings. The number of fused-ring (bicyclic) bond motifs is 1. The molecule has 1 heterocycles. The van der Waals surface area contributed by atoms with Gasteiger partial charge < -0.3 is 10.1 Å². The van der Waals surface area contributed by atoms with Crippen LogP contribution in [0, 0.1) is 6.92 Å². The van der Waals surface area contributed by atoms with Gasteiger partial charge in [0.2, 0.25) is 0 Å². The van der Waals surface area contributed by atoms with Crippen LogP contribution in [-0.4, -0.2) is 18.6 Å². The predicted octanol–water partition coefficient (Wildman–Crippen LogP) is 3.67. The second-order valence-corrected chi connectivity index (χ2v) is 6.54. The molecule has 0 saturated heterocycles. The van der Waals surface area contributed by atoms with E-state index in [1.54, 1.807) is 18.4 Å². The lowest BCUT2D eigenvalue weighted by Crippen LogP contribution is -2.27. The average Bonchev–Trinajstić information content (AvgIpc) is 2.92. The largest absolute Gasteiger partial charge is 0.497 e. The van der Waals surface area contributed by atoms with Gasteiger partial charge in [-0.2, -0.15) is 0 Å². The van der Waals surface area contributed by atoms with Crippen molar-refractivity contribution in [3.05, 3.63) is 45.4 Å². The van der Waals surface area contributed by atoms with Crippen molar-refractivity contribution in [3.8, 4) is 5.75 Å². The molecule has 2 aromatic rings. The number of nitrogens with zero attached hydrogens (tertiary/aromatic N) is 1. The molecule has 4 heteroatoms. The van der Waals surface area contributed by atoms with E-state index < -0.39 is 0 Å². The first-order valence-electron chi connectivity index (χ1n) is 7.57. The molecule has 1 unspecified atom stereocenters. The molecule has 21 heavy (non-hydrogen) atoms. The number of nitrogens with one attached hydrogen (secondary N) is 1. The van der Waals surface area contributed by atoms with Crippen molar-refractivity contribution in [1.29, 1.82) is 0 Å². The summed E-state index contributed by atoms with van der Waals surface area (Å²) in [6.45, 7) is 3.04. The number of aromatic nitrogens is 1. The summed E-state index contributed by atoms with van der Waals surface area (Å²) < 4.78 is 5.33. The van der Waals surface area contributed by atoms with Crippen LogP contribution in [0.4, 0.5) is 0 Å². The first-order chi connectivity index (χ1) is 10.3. The molecule has 1 aromatic heterocycles. The first-order valence-corrected chi connectivity index (χ1v) is 8.45. The van der Waals surface area contributed by atoms with Gasteiger partial charge in [-0.05, 0) is 49.4 Å². The molecule has 1 aromatic carbocycles. The molecule has 1 N–H and O–H groups in total. The Balaban J connectivity index is 1.62. The van der Waals surface area contributed by atoms with Crippen molar-refractivity contribution in [3.63, 3.8) is 0 Å². The van der Waals surface area contributed by atoms with E-state index in [0.29, 0.717) is 6.04 Å². The SMILES string of the molecule is COc1ccc2c(c1)CCCC2NCCc1nc(C)cs1. The second-order valence-electron chi connectivity index (χ2n) is 5.60. The minimum atomic E-state index is 0.473. The number of rotatable bonds is 5. The Bertz CT molecular complexity index is 609. The van der Waals surface area contributed by atoms with E-state index in [4.69, 9.17) is 4.74 Å². The smallest absolute Gasteiger partial charge is 0.119 e. The van der Waals surface area contributed by atoms with Crippen LogP contribution in [-0.2, 0) is 12.8 Å². The van der Waals surface area contributed by atoms with Gasteiger partial charge in [0.05, 0.1) is 12.1 Å². The summed E-state index contributed by atoms with van der Waals surface area (Å²) >= 11 is 1.76. The number of aryl methyl sites for hydroxylation is 2. The number of thiazole rings is 1. The highest BCUT2D eigenvalue weighted by Gasteiger charge is 2.20. The Morgan fingerprint density at radius 1 is 1.43 bits per heavy atom. The summed E-state index contributed by atoms with van der Waals surface area (Å²) in [5, 5.41) is 7.05. The molecule has 1 aliphatic carbocycles. The maximum Gasteiger partial charge on any atom is 0.119 e. The molecule has 0 radical (unpaired) electrons. The number of hydrogen-bond donors (Lipinski definition) is 1. The maximum atomic E-state index is 5.33. The summed E-state index contributed by atoms with van der Waals surface area (Å²) in [5.41, 5.74) is 4.01. The third kappa shape index (κ3) is 3.44. The van der Waals surface area contributed by atoms with Crippen molar-refractivity contribution >= 4 is 11.3 Å². The number of methoxy groups -OCH3 is 1. The molecular formula is C17H22N2OS. The van der Waals surface area contributed by atoms with Crippen LogP contribution in [0.1, 0.15) is 40.7 Å². The molecule has 3 nitrogen and oxygen atoms in total. The fraction of sp³-hybridized carbons (Fsp3) is 0.471. The Hall–Kier alpha value is -1.39. The Morgan fingerprint density at radius 3 is 3.10 bits per heavy atom. The molecule has 0 bridgehead atoms. The van der Waals surface area contributed by atoms with E-state index >= 15 is 0 Å². The summed E-state index contributed by atoms with van der Waals surface area (Å²) in [5.74, 6) is 0.965. The van der Waals surface area contributed by atoms with Crippen LogP contribution in [0.5, 0.6) is 5.75 Å².